The number of rotatable bonds is 0. The molecule has 0 bridgehead atoms. The summed E-state index contributed by atoms with van der Waals surface area (Å²) in [6.07, 6.45) is 0. The maximum Gasteiger partial charge on any atom is 0.0181 e. The monoisotopic (exact) mass is 350 g/mol. The Balaban J connectivity index is 2.35. The molecule has 0 fully saturated rings. The third-order valence-electron chi connectivity index (χ3n) is 3.55. The maximum atomic E-state index is 3.59. The molecule has 0 aromatic heterocycles. The van der Waals surface area contributed by atoms with Gasteiger partial charge in [0.25, 0.3) is 0 Å². The molecular weight excluding hydrogens is 340 g/mol. The molecule has 2 heteroatoms. The second kappa shape index (κ2) is 3.96. The van der Waals surface area contributed by atoms with Gasteiger partial charge in [-0.25, -0.2) is 0 Å². The SMILES string of the molecule is Cc1cc(Br)cc2c1-c1ccc(Br)cc1C2C. The minimum Gasteiger partial charge on any atom is -0.0542 e. The van der Waals surface area contributed by atoms with Gasteiger partial charge in [-0.1, -0.05) is 44.8 Å². The summed E-state index contributed by atoms with van der Waals surface area (Å²) in [5.41, 5.74) is 7.02. The van der Waals surface area contributed by atoms with Crippen molar-refractivity contribution >= 4 is 31.9 Å². The fraction of sp³-hybridized carbons (Fsp3) is 0.200. The Labute approximate surface area is 118 Å². The fourth-order valence-corrected chi connectivity index (χ4v) is 3.73. The van der Waals surface area contributed by atoms with Crippen LogP contribution in [0, 0.1) is 6.92 Å². The number of aryl methyl sites for hydroxylation is 1. The van der Waals surface area contributed by atoms with Crippen molar-refractivity contribution in [2.75, 3.05) is 0 Å². The van der Waals surface area contributed by atoms with E-state index in [0.717, 1.165) is 4.47 Å². The number of fused-ring (bicyclic) bond motifs is 3. The van der Waals surface area contributed by atoms with Crippen molar-refractivity contribution in [3.63, 3.8) is 0 Å². The van der Waals surface area contributed by atoms with Gasteiger partial charge >= 0.3 is 0 Å². The van der Waals surface area contributed by atoms with Gasteiger partial charge in [-0.3, -0.25) is 0 Å². The van der Waals surface area contributed by atoms with E-state index in [1.54, 1.807) is 0 Å². The summed E-state index contributed by atoms with van der Waals surface area (Å²) in [5.74, 6) is 0.480. The summed E-state index contributed by atoms with van der Waals surface area (Å²) in [6.45, 7) is 4.47. The third-order valence-corrected chi connectivity index (χ3v) is 4.50. The van der Waals surface area contributed by atoms with Crippen LogP contribution < -0.4 is 0 Å². The van der Waals surface area contributed by atoms with Crippen molar-refractivity contribution in [2.45, 2.75) is 19.8 Å². The first kappa shape index (κ1) is 11.5. The van der Waals surface area contributed by atoms with Crippen molar-refractivity contribution in [2.24, 2.45) is 0 Å². The highest BCUT2D eigenvalue weighted by Crippen LogP contribution is 2.47. The number of benzene rings is 2. The zero-order valence-electron chi connectivity index (χ0n) is 9.72. The van der Waals surface area contributed by atoms with Crippen molar-refractivity contribution in [3.8, 4) is 11.1 Å². The molecular formula is C15H12Br2. The second-order valence-electron chi connectivity index (χ2n) is 4.64. The van der Waals surface area contributed by atoms with Crippen molar-refractivity contribution in [3.05, 3.63) is 56.0 Å². The lowest BCUT2D eigenvalue weighted by Gasteiger charge is -2.08. The molecule has 0 heterocycles. The van der Waals surface area contributed by atoms with Crippen LogP contribution in [0.2, 0.25) is 0 Å². The van der Waals surface area contributed by atoms with Gasteiger partial charge in [-0.15, -0.1) is 0 Å². The largest absolute Gasteiger partial charge is 0.0542 e. The summed E-state index contributed by atoms with van der Waals surface area (Å²) in [4.78, 5) is 0. The Kier molecular flexibility index (Phi) is 2.68. The lowest BCUT2D eigenvalue weighted by molar-refractivity contribution is 0.953. The van der Waals surface area contributed by atoms with Gasteiger partial charge < -0.3 is 0 Å². The second-order valence-corrected chi connectivity index (χ2v) is 6.47. The third kappa shape index (κ3) is 1.69. The molecule has 0 spiro atoms. The van der Waals surface area contributed by atoms with Gasteiger partial charge in [0.15, 0.2) is 0 Å². The van der Waals surface area contributed by atoms with Crippen LogP contribution in [0.5, 0.6) is 0 Å². The molecule has 0 nitrogen and oxygen atoms in total. The van der Waals surface area contributed by atoms with E-state index >= 15 is 0 Å². The molecule has 17 heavy (non-hydrogen) atoms. The number of hydrogen-bond donors (Lipinski definition) is 0. The van der Waals surface area contributed by atoms with Crippen LogP contribution in [-0.2, 0) is 0 Å². The fourth-order valence-electron chi connectivity index (χ4n) is 2.77. The normalized spacial score (nSPS) is 16.8. The van der Waals surface area contributed by atoms with Gasteiger partial charge in [0, 0.05) is 14.9 Å². The molecule has 1 aliphatic carbocycles. The molecule has 3 rings (SSSR count). The maximum absolute atomic E-state index is 3.59. The van der Waals surface area contributed by atoms with E-state index in [-0.39, 0.29) is 0 Å². The average molecular weight is 352 g/mol. The highest BCUT2D eigenvalue weighted by Gasteiger charge is 2.27. The zero-order chi connectivity index (χ0) is 12.2. The minimum absolute atomic E-state index is 0.480. The smallest absolute Gasteiger partial charge is 0.0181 e. The van der Waals surface area contributed by atoms with Crippen LogP contribution >= 0.6 is 31.9 Å². The molecule has 1 atom stereocenters. The Bertz CT molecular complexity index is 615. The van der Waals surface area contributed by atoms with Gasteiger partial charge in [-0.05, 0) is 59.0 Å². The molecule has 1 unspecified atom stereocenters. The van der Waals surface area contributed by atoms with E-state index in [1.165, 1.54) is 32.3 Å². The average Bonchev–Trinajstić information content (AvgIpc) is 2.53. The van der Waals surface area contributed by atoms with Crippen molar-refractivity contribution < 1.29 is 0 Å². The van der Waals surface area contributed by atoms with Gasteiger partial charge in [0.05, 0.1) is 0 Å². The Morgan fingerprint density at radius 2 is 1.65 bits per heavy atom. The first-order chi connectivity index (χ1) is 8.08. The van der Waals surface area contributed by atoms with E-state index < -0.39 is 0 Å². The predicted octanol–water partition coefficient (Wildman–Crippen LogP) is 5.65. The summed E-state index contributed by atoms with van der Waals surface area (Å²) in [7, 11) is 0. The molecule has 0 aliphatic heterocycles. The molecule has 2 aromatic carbocycles. The molecule has 0 saturated heterocycles. The predicted molar refractivity (Wildman–Crippen MR) is 79.5 cm³/mol. The van der Waals surface area contributed by atoms with Crippen LogP contribution in [-0.4, -0.2) is 0 Å². The number of hydrogen-bond acceptors (Lipinski definition) is 0. The molecule has 86 valence electrons. The van der Waals surface area contributed by atoms with Crippen molar-refractivity contribution in [1.82, 2.24) is 0 Å². The van der Waals surface area contributed by atoms with Crippen LogP contribution in [0.25, 0.3) is 11.1 Å². The van der Waals surface area contributed by atoms with Crippen LogP contribution in [0.1, 0.15) is 29.5 Å². The van der Waals surface area contributed by atoms with E-state index in [2.05, 4.69) is 76.0 Å². The van der Waals surface area contributed by atoms with E-state index in [0.29, 0.717) is 5.92 Å². The molecule has 0 radical (unpaired) electrons. The Morgan fingerprint density at radius 1 is 0.941 bits per heavy atom. The molecule has 2 aromatic rings. The quantitative estimate of drug-likeness (QED) is 0.575. The van der Waals surface area contributed by atoms with Crippen LogP contribution in [0.3, 0.4) is 0 Å². The number of halogens is 2. The first-order valence-corrected chi connectivity index (χ1v) is 7.26. The minimum atomic E-state index is 0.480. The van der Waals surface area contributed by atoms with Gasteiger partial charge in [-0.2, -0.15) is 0 Å². The lowest BCUT2D eigenvalue weighted by Crippen LogP contribution is -1.90. The van der Waals surface area contributed by atoms with Crippen molar-refractivity contribution in [1.29, 1.82) is 0 Å². The summed E-state index contributed by atoms with van der Waals surface area (Å²) < 4.78 is 2.33. The summed E-state index contributed by atoms with van der Waals surface area (Å²) in [5, 5.41) is 0. The van der Waals surface area contributed by atoms with E-state index in [4.69, 9.17) is 0 Å². The summed E-state index contributed by atoms with van der Waals surface area (Å²) in [6, 6.07) is 11.0. The highest BCUT2D eigenvalue weighted by molar-refractivity contribution is 9.10. The molecule has 0 N–H and O–H groups in total. The van der Waals surface area contributed by atoms with Crippen LogP contribution in [0.15, 0.2) is 39.3 Å². The van der Waals surface area contributed by atoms with E-state index in [9.17, 15) is 0 Å². The van der Waals surface area contributed by atoms with E-state index in [1.807, 2.05) is 0 Å². The Morgan fingerprint density at radius 3 is 2.41 bits per heavy atom. The summed E-state index contributed by atoms with van der Waals surface area (Å²) >= 11 is 7.15. The zero-order valence-corrected chi connectivity index (χ0v) is 12.9. The topological polar surface area (TPSA) is 0 Å². The molecule has 1 aliphatic rings. The highest BCUT2D eigenvalue weighted by atomic mass is 79.9. The molecule has 0 saturated carbocycles. The Hall–Kier alpha value is -0.600. The van der Waals surface area contributed by atoms with Gasteiger partial charge in [0.2, 0.25) is 0 Å². The van der Waals surface area contributed by atoms with Gasteiger partial charge in [0.1, 0.15) is 0 Å². The molecule has 0 amide bonds. The lowest BCUT2D eigenvalue weighted by atomic mass is 9.98. The van der Waals surface area contributed by atoms with Crippen LogP contribution in [0.4, 0.5) is 0 Å². The first-order valence-electron chi connectivity index (χ1n) is 5.68. The standard InChI is InChI=1S/C15H12Br2/c1-8-5-11(17)7-14-9(2)13-6-10(16)3-4-12(13)15(8)14/h3-7,9H,1-2H3.